The van der Waals surface area contributed by atoms with E-state index in [0.717, 1.165) is 16.6 Å². The molecule has 0 unspecified atom stereocenters. The highest BCUT2D eigenvalue weighted by Gasteiger charge is 2.41. The SMILES string of the molecule is CCS(=O)(=O)c1c(C2CC2)nn(S(=O)(=O)N(C)C)c1-c1nc2cc(C(F)(F)F)ncc2n1C. The van der Waals surface area contributed by atoms with Crippen molar-refractivity contribution in [2.24, 2.45) is 7.05 Å². The highest BCUT2D eigenvalue weighted by Crippen LogP contribution is 2.46. The van der Waals surface area contributed by atoms with Crippen molar-refractivity contribution in [1.29, 1.82) is 0 Å². The van der Waals surface area contributed by atoms with Gasteiger partial charge in [0.2, 0.25) is 0 Å². The number of halogens is 3. The number of hydrogen-bond acceptors (Lipinski definition) is 7. The maximum Gasteiger partial charge on any atom is 0.433 e. The molecule has 0 amide bonds. The fraction of sp³-hybridized carbons (Fsp3) is 0.500. The summed E-state index contributed by atoms with van der Waals surface area (Å²) in [5.74, 6) is -0.702. The van der Waals surface area contributed by atoms with Crippen LogP contribution in [0.5, 0.6) is 0 Å². The minimum Gasteiger partial charge on any atom is -0.324 e. The topological polar surface area (TPSA) is 120 Å². The molecule has 0 radical (unpaired) electrons. The molecular formula is C18H21F3N6O4S2. The smallest absolute Gasteiger partial charge is 0.324 e. The summed E-state index contributed by atoms with van der Waals surface area (Å²) in [4.78, 5) is 7.37. The molecule has 0 spiro atoms. The van der Waals surface area contributed by atoms with Crippen LogP contribution in [0.1, 0.15) is 37.1 Å². The van der Waals surface area contributed by atoms with Gasteiger partial charge in [-0.1, -0.05) is 6.92 Å². The molecule has 33 heavy (non-hydrogen) atoms. The first kappa shape index (κ1) is 23.6. The summed E-state index contributed by atoms with van der Waals surface area (Å²) >= 11 is 0. The summed E-state index contributed by atoms with van der Waals surface area (Å²) in [5, 5.41) is 4.18. The molecule has 10 nitrogen and oxygen atoms in total. The molecule has 1 saturated carbocycles. The van der Waals surface area contributed by atoms with Crippen molar-refractivity contribution in [3.8, 4) is 11.5 Å². The molecule has 0 aromatic carbocycles. The largest absolute Gasteiger partial charge is 0.433 e. The Balaban J connectivity index is 2.12. The molecule has 15 heteroatoms. The van der Waals surface area contributed by atoms with E-state index in [9.17, 15) is 30.0 Å². The van der Waals surface area contributed by atoms with Crippen molar-refractivity contribution in [3.05, 3.63) is 23.7 Å². The van der Waals surface area contributed by atoms with Crippen LogP contribution in [-0.4, -0.2) is 64.7 Å². The van der Waals surface area contributed by atoms with E-state index in [2.05, 4.69) is 15.1 Å². The van der Waals surface area contributed by atoms with Crippen LogP contribution in [0.2, 0.25) is 0 Å². The Kier molecular flexibility index (Phi) is 5.37. The Bertz CT molecular complexity index is 1470. The lowest BCUT2D eigenvalue weighted by atomic mass is 10.2. The zero-order chi connectivity index (χ0) is 24.5. The second kappa shape index (κ2) is 7.50. The Morgan fingerprint density at radius 3 is 2.33 bits per heavy atom. The molecule has 4 rings (SSSR count). The van der Waals surface area contributed by atoms with E-state index < -0.39 is 31.9 Å². The van der Waals surface area contributed by atoms with Crippen LogP contribution in [0.15, 0.2) is 17.2 Å². The van der Waals surface area contributed by atoms with Gasteiger partial charge in [-0.3, -0.25) is 0 Å². The standard InChI is InChI=1S/C18H21F3N6O4S2/c1-5-32(28,29)16-14(10-6-7-10)24-27(33(30,31)25(2)3)15(16)17-23-11-8-13(18(19,20)21)22-9-12(11)26(17)4/h8-10H,5-7H2,1-4H3. The molecular weight excluding hydrogens is 485 g/mol. The summed E-state index contributed by atoms with van der Waals surface area (Å²) in [6.45, 7) is 1.42. The number of imidazole rings is 1. The number of hydrogen-bond donors (Lipinski definition) is 0. The molecule has 1 aliphatic rings. The maximum atomic E-state index is 13.1. The van der Waals surface area contributed by atoms with Gasteiger partial charge in [-0.2, -0.15) is 31.0 Å². The molecule has 0 N–H and O–H groups in total. The second-order valence-corrected chi connectivity index (χ2v) is 12.1. The Morgan fingerprint density at radius 1 is 1.18 bits per heavy atom. The maximum absolute atomic E-state index is 13.1. The van der Waals surface area contributed by atoms with E-state index in [1.807, 2.05) is 0 Å². The van der Waals surface area contributed by atoms with Crippen molar-refractivity contribution in [3.63, 3.8) is 0 Å². The third kappa shape index (κ3) is 3.81. The van der Waals surface area contributed by atoms with E-state index in [4.69, 9.17) is 0 Å². The third-order valence-corrected chi connectivity index (χ3v) is 8.85. The lowest BCUT2D eigenvalue weighted by Crippen LogP contribution is -2.30. The summed E-state index contributed by atoms with van der Waals surface area (Å²) in [5.41, 5.74) is -1.30. The van der Waals surface area contributed by atoms with Crippen molar-refractivity contribution >= 4 is 31.1 Å². The van der Waals surface area contributed by atoms with E-state index in [-0.39, 0.29) is 44.8 Å². The van der Waals surface area contributed by atoms with E-state index in [1.54, 1.807) is 0 Å². The molecule has 0 atom stereocenters. The van der Waals surface area contributed by atoms with Gasteiger partial charge in [-0.15, -0.1) is 4.09 Å². The predicted octanol–water partition coefficient (Wildman–Crippen LogP) is 2.18. The van der Waals surface area contributed by atoms with Gasteiger partial charge < -0.3 is 4.57 Å². The van der Waals surface area contributed by atoms with Gasteiger partial charge >= 0.3 is 16.4 Å². The number of nitrogens with zero attached hydrogens (tertiary/aromatic N) is 6. The molecule has 0 bridgehead atoms. The zero-order valence-corrected chi connectivity index (χ0v) is 19.8. The fourth-order valence-corrected chi connectivity index (χ4v) is 5.69. The van der Waals surface area contributed by atoms with Gasteiger partial charge in [0.05, 0.1) is 28.7 Å². The lowest BCUT2D eigenvalue weighted by Gasteiger charge is -2.14. The molecule has 0 saturated heterocycles. The average Bonchev–Trinajstić information content (AvgIpc) is 3.41. The summed E-state index contributed by atoms with van der Waals surface area (Å²) in [6.07, 6.45) is -2.46. The highest BCUT2D eigenvalue weighted by atomic mass is 32.2. The minimum atomic E-state index is -4.71. The average molecular weight is 507 g/mol. The van der Waals surface area contributed by atoms with Crippen LogP contribution in [0.25, 0.3) is 22.6 Å². The molecule has 3 aromatic rings. The van der Waals surface area contributed by atoms with Crippen molar-refractivity contribution in [1.82, 2.24) is 28.0 Å². The van der Waals surface area contributed by atoms with Crippen LogP contribution in [-0.2, 0) is 33.3 Å². The first-order valence-corrected chi connectivity index (χ1v) is 12.9. The van der Waals surface area contributed by atoms with Gasteiger partial charge in [-0.25, -0.2) is 18.4 Å². The highest BCUT2D eigenvalue weighted by molar-refractivity contribution is 7.91. The van der Waals surface area contributed by atoms with Gasteiger partial charge in [0.15, 0.2) is 15.7 Å². The van der Waals surface area contributed by atoms with E-state index in [1.165, 1.54) is 32.6 Å². The monoisotopic (exact) mass is 506 g/mol. The first-order valence-electron chi connectivity index (χ1n) is 9.88. The Labute approximate surface area is 188 Å². The number of sulfone groups is 1. The van der Waals surface area contributed by atoms with Gasteiger partial charge in [0, 0.05) is 27.1 Å². The van der Waals surface area contributed by atoms with Crippen LogP contribution in [0.4, 0.5) is 13.2 Å². The number of pyridine rings is 1. The number of alkyl halides is 3. The molecule has 3 aromatic heterocycles. The van der Waals surface area contributed by atoms with Gasteiger partial charge in [-0.05, 0) is 18.9 Å². The van der Waals surface area contributed by atoms with Crippen LogP contribution < -0.4 is 0 Å². The second-order valence-electron chi connectivity index (χ2n) is 7.92. The van der Waals surface area contributed by atoms with E-state index in [0.29, 0.717) is 16.9 Å². The summed E-state index contributed by atoms with van der Waals surface area (Å²) in [6, 6.07) is 0.732. The minimum absolute atomic E-state index is 0.113. The fourth-order valence-electron chi connectivity index (χ4n) is 3.44. The Hall–Kier alpha value is -2.52. The number of fused-ring (bicyclic) bond motifs is 1. The van der Waals surface area contributed by atoms with Gasteiger partial charge in [0.25, 0.3) is 0 Å². The summed E-state index contributed by atoms with van der Waals surface area (Å²) in [7, 11) is -4.30. The van der Waals surface area contributed by atoms with Crippen LogP contribution in [0.3, 0.4) is 0 Å². The summed E-state index contributed by atoms with van der Waals surface area (Å²) < 4.78 is 94.6. The first-order chi connectivity index (χ1) is 15.2. The predicted molar refractivity (Wildman–Crippen MR) is 112 cm³/mol. The van der Waals surface area contributed by atoms with E-state index >= 15 is 0 Å². The molecule has 3 heterocycles. The number of aryl methyl sites for hydroxylation is 1. The molecule has 180 valence electrons. The quantitative estimate of drug-likeness (QED) is 0.503. The van der Waals surface area contributed by atoms with Crippen molar-refractivity contribution in [2.45, 2.75) is 36.8 Å². The number of rotatable bonds is 6. The Morgan fingerprint density at radius 2 is 1.82 bits per heavy atom. The zero-order valence-electron chi connectivity index (χ0n) is 18.1. The molecule has 0 aliphatic heterocycles. The lowest BCUT2D eigenvalue weighted by molar-refractivity contribution is -0.141. The molecule has 1 aliphatic carbocycles. The van der Waals surface area contributed by atoms with Gasteiger partial charge in [0.1, 0.15) is 16.3 Å². The van der Waals surface area contributed by atoms with Crippen LogP contribution in [0, 0.1) is 0 Å². The van der Waals surface area contributed by atoms with Crippen molar-refractivity contribution < 1.29 is 30.0 Å². The van der Waals surface area contributed by atoms with Crippen LogP contribution >= 0.6 is 0 Å². The van der Waals surface area contributed by atoms with Crippen molar-refractivity contribution in [2.75, 3.05) is 19.8 Å². The molecule has 1 fully saturated rings. The number of aromatic nitrogens is 5. The normalized spacial score (nSPS) is 15.6. The third-order valence-electron chi connectivity index (χ3n) is 5.44.